The molecule has 2 N–H and O–H groups in total. The van der Waals surface area contributed by atoms with Crippen LogP contribution in [-0.2, 0) is 5.75 Å². The Bertz CT molecular complexity index is 351. The first-order chi connectivity index (χ1) is 9.25. The van der Waals surface area contributed by atoms with E-state index in [2.05, 4.69) is 42.2 Å². The molecule has 0 amide bonds. The van der Waals surface area contributed by atoms with Crippen LogP contribution in [0.4, 0.5) is 0 Å². The zero-order valence-electron chi connectivity index (χ0n) is 12.3. The third-order valence-electron chi connectivity index (χ3n) is 4.04. The lowest BCUT2D eigenvalue weighted by Gasteiger charge is -2.33. The summed E-state index contributed by atoms with van der Waals surface area (Å²) < 4.78 is 0. The summed E-state index contributed by atoms with van der Waals surface area (Å²) in [5.74, 6) is 3.11. The van der Waals surface area contributed by atoms with Crippen molar-refractivity contribution in [1.82, 2.24) is 4.90 Å². The minimum atomic E-state index is 0. The molecular formula is C16H27ClN2S. The monoisotopic (exact) mass is 314 g/mol. The molecule has 4 heteroatoms. The standard InChI is InChI=1S/C16H26N2S.ClH/c1-14(17)16-7-9-18(10-8-16)11-12-19-13-15-5-3-2-4-6-15;/h2-6,14,16H,7-13,17H2,1H3;1H. The number of benzene rings is 1. The number of likely N-dealkylation sites (tertiary alicyclic amines) is 1. The van der Waals surface area contributed by atoms with Gasteiger partial charge in [0.05, 0.1) is 0 Å². The van der Waals surface area contributed by atoms with Crippen molar-refractivity contribution in [1.29, 1.82) is 0 Å². The molecule has 1 heterocycles. The van der Waals surface area contributed by atoms with E-state index in [0.29, 0.717) is 6.04 Å². The smallest absolute Gasteiger partial charge is 0.0185 e. The molecule has 2 nitrogen and oxygen atoms in total. The summed E-state index contributed by atoms with van der Waals surface area (Å²) in [6.07, 6.45) is 2.56. The third kappa shape index (κ3) is 6.04. The van der Waals surface area contributed by atoms with Gasteiger partial charge in [0.1, 0.15) is 0 Å². The number of thioether (sulfide) groups is 1. The first-order valence-electron chi connectivity index (χ1n) is 7.35. The SMILES string of the molecule is CC(N)C1CCN(CCSCc2ccccc2)CC1.Cl. The molecule has 1 aromatic carbocycles. The van der Waals surface area contributed by atoms with Crippen LogP contribution >= 0.6 is 24.2 Å². The molecule has 0 spiro atoms. The predicted molar refractivity (Wildman–Crippen MR) is 92.7 cm³/mol. The number of hydrogen-bond acceptors (Lipinski definition) is 3. The van der Waals surface area contributed by atoms with Crippen molar-refractivity contribution in [3.8, 4) is 0 Å². The van der Waals surface area contributed by atoms with Gasteiger partial charge in [-0.2, -0.15) is 11.8 Å². The first-order valence-corrected chi connectivity index (χ1v) is 8.51. The van der Waals surface area contributed by atoms with Crippen molar-refractivity contribution < 1.29 is 0 Å². The summed E-state index contributed by atoms with van der Waals surface area (Å²) in [5, 5.41) is 0. The largest absolute Gasteiger partial charge is 0.328 e. The van der Waals surface area contributed by atoms with E-state index in [1.54, 1.807) is 0 Å². The summed E-state index contributed by atoms with van der Waals surface area (Å²) in [4.78, 5) is 2.59. The van der Waals surface area contributed by atoms with Gasteiger partial charge in [-0.25, -0.2) is 0 Å². The zero-order valence-corrected chi connectivity index (χ0v) is 14.0. The van der Waals surface area contributed by atoms with Gasteiger partial charge in [-0.05, 0) is 44.3 Å². The van der Waals surface area contributed by atoms with E-state index in [9.17, 15) is 0 Å². The fraction of sp³-hybridized carbons (Fsp3) is 0.625. The van der Waals surface area contributed by atoms with Gasteiger partial charge in [-0.1, -0.05) is 30.3 Å². The van der Waals surface area contributed by atoms with Crippen LogP contribution in [0.2, 0.25) is 0 Å². The van der Waals surface area contributed by atoms with Gasteiger partial charge in [0, 0.05) is 24.1 Å². The molecule has 0 saturated carbocycles. The Morgan fingerprint density at radius 3 is 2.50 bits per heavy atom. The highest BCUT2D eigenvalue weighted by Crippen LogP contribution is 2.20. The van der Waals surface area contributed by atoms with E-state index >= 15 is 0 Å². The second kappa shape index (κ2) is 9.67. The molecule has 1 saturated heterocycles. The van der Waals surface area contributed by atoms with Gasteiger partial charge >= 0.3 is 0 Å². The molecule has 2 rings (SSSR count). The average molecular weight is 315 g/mol. The van der Waals surface area contributed by atoms with E-state index in [1.165, 1.54) is 43.8 Å². The Kier molecular flexibility index (Phi) is 8.62. The zero-order chi connectivity index (χ0) is 13.5. The highest BCUT2D eigenvalue weighted by atomic mass is 35.5. The second-order valence-electron chi connectivity index (χ2n) is 5.58. The average Bonchev–Trinajstić information content (AvgIpc) is 2.45. The van der Waals surface area contributed by atoms with E-state index in [0.717, 1.165) is 11.7 Å². The maximum absolute atomic E-state index is 5.98. The fourth-order valence-corrected chi connectivity index (χ4v) is 3.62. The summed E-state index contributed by atoms with van der Waals surface area (Å²) in [6, 6.07) is 11.1. The lowest BCUT2D eigenvalue weighted by Crippen LogP contribution is -2.40. The van der Waals surface area contributed by atoms with Crippen molar-refractivity contribution in [2.75, 3.05) is 25.4 Å². The van der Waals surface area contributed by atoms with Crippen molar-refractivity contribution in [2.45, 2.75) is 31.6 Å². The molecule has 1 atom stereocenters. The van der Waals surface area contributed by atoms with E-state index < -0.39 is 0 Å². The van der Waals surface area contributed by atoms with E-state index in [4.69, 9.17) is 5.73 Å². The predicted octanol–water partition coefficient (Wildman–Crippen LogP) is 3.40. The Morgan fingerprint density at radius 1 is 1.25 bits per heavy atom. The van der Waals surface area contributed by atoms with E-state index in [-0.39, 0.29) is 12.4 Å². The maximum atomic E-state index is 5.98. The maximum Gasteiger partial charge on any atom is 0.0185 e. The van der Waals surface area contributed by atoms with E-state index in [1.807, 2.05) is 11.8 Å². The van der Waals surface area contributed by atoms with Gasteiger partial charge in [-0.3, -0.25) is 0 Å². The van der Waals surface area contributed by atoms with Crippen molar-refractivity contribution in [2.24, 2.45) is 11.7 Å². The number of rotatable bonds is 6. The van der Waals surface area contributed by atoms with Crippen molar-refractivity contribution >= 4 is 24.2 Å². The summed E-state index contributed by atoms with van der Waals surface area (Å²) in [7, 11) is 0. The lowest BCUT2D eigenvalue weighted by atomic mass is 9.91. The van der Waals surface area contributed by atoms with Crippen molar-refractivity contribution in [3.63, 3.8) is 0 Å². The molecule has 1 fully saturated rings. The summed E-state index contributed by atoms with van der Waals surface area (Å²) in [5.41, 5.74) is 7.41. The number of piperidine rings is 1. The topological polar surface area (TPSA) is 29.3 Å². The van der Waals surface area contributed by atoms with Crippen LogP contribution in [0.5, 0.6) is 0 Å². The summed E-state index contributed by atoms with van der Waals surface area (Å²) in [6.45, 7) is 5.84. The number of nitrogens with two attached hydrogens (primary N) is 1. The minimum absolute atomic E-state index is 0. The second-order valence-corrected chi connectivity index (χ2v) is 6.68. The Labute approximate surface area is 133 Å². The normalized spacial score (nSPS) is 18.5. The molecule has 0 radical (unpaired) electrons. The molecule has 114 valence electrons. The third-order valence-corrected chi connectivity index (χ3v) is 5.05. The van der Waals surface area contributed by atoms with Crippen LogP contribution in [0.3, 0.4) is 0 Å². The highest BCUT2D eigenvalue weighted by Gasteiger charge is 2.21. The van der Waals surface area contributed by atoms with Crippen LogP contribution in [0.25, 0.3) is 0 Å². The van der Waals surface area contributed by atoms with Crippen LogP contribution in [0, 0.1) is 5.92 Å². The summed E-state index contributed by atoms with van der Waals surface area (Å²) >= 11 is 2.04. The molecule has 1 aliphatic rings. The van der Waals surface area contributed by atoms with Gasteiger partial charge in [0.15, 0.2) is 0 Å². The molecule has 1 aromatic rings. The number of nitrogens with zero attached hydrogens (tertiary/aromatic N) is 1. The molecule has 0 aliphatic carbocycles. The minimum Gasteiger partial charge on any atom is -0.328 e. The molecular weight excluding hydrogens is 288 g/mol. The molecule has 20 heavy (non-hydrogen) atoms. The molecule has 0 bridgehead atoms. The molecule has 1 unspecified atom stereocenters. The van der Waals surface area contributed by atoms with Gasteiger partial charge < -0.3 is 10.6 Å². The number of halogens is 1. The van der Waals surface area contributed by atoms with Crippen LogP contribution in [0.1, 0.15) is 25.3 Å². The van der Waals surface area contributed by atoms with Crippen molar-refractivity contribution in [3.05, 3.63) is 35.9 Å². The van der Waals surface area contributed by atoms with Crippen LogP contribution < -0.4 is 5.73 Å². The highest BCUT2D eigenvalue weighted by molar-refractivity contribution is 7.98. The van der Waals surface area contributed by atoms with Crippen LogP contribution in [-0.4, -0.2) is 36.3 Å². The molecule has 0 aromatic heterocycles. The lowest BCUT2D eigenvalue weighted by molar-refractivity contribution is 0.181. The fourth-order valence-electron chi connectivity index (χ4n) is 2.66. The van der Waals surface area contributed by atoms with Gasteiger partial charge in [0.25, 0.3) is 0 Å². The Morgan fingerprint density at radius 2 is 1.90 bits per heavy atom. The quantitative estimate of drug-likeness (QED) is 0.816. The van der Waals surface area contributed by atoms with Gasteiger partial charge in [0.2, 0.25) is 0 Å². The van der Waals surface area contributed by atoms with Crippen LogP contribution in [0.15, 0.2) is 30.3 Å². The Hall–Kier alpha value is -0.220. The Balaban J connectivity index is 0.00000200. The number of hydrogen-bond donors (Lipinski definition) is 1. The molecule has 1 aliphatic heterocycles. The first kappa shape index (κ1) is 17.8. The van der Waals surface area contributed by atoms with Gasteiger partial charge in [-0.15, -0.1) is 12.4 Å².